The van der Waals surface area contributed by atoms with Crippen LogP contribution in [-0.2, 0) is 23.8 Å². The van der Waals surface area contributed by atoms with Crippen LogP contribution in [0.4, 0.5) is 0 Å². The van der Waals surface area contributed by atoms with E-state index < -0.39 is 6.10 Å². The van der Waals surface area contributed by atoms with Crippen molar-refractivity contribution in [1.82, 2.24) is 0 Å². The maximum absolute atomic E-state index is 12.8. The van der Waals surface area contributed by atoms with Gasteiger partial charge in [-0.15, -0.1) is 0 Å². The van der Waals surface area contributed by atoms with E-state index in [2.05, 4.69) is 142 Å². The van der Waals surface area contributed by atoms with Gasteiger partial charge in [-0.2, -0.15) is 0 Å². The van der Waals surface area contributed by atoms with Crippen LogP contribution in [0.15, 0.2) is 134 Å². The van der Waals surface area contributed by atoms with Gasteiger partial charge in [-0.1, -0.05) is 206 Å². The van der Waals surface area contributed by atoms with E-state index in [1.165, 1.54) is 57.8 Å². The summed E-state index contributed by atoms with van der Waals surface area (Å²) in [5, 5.41) is 0. The zero-order valence-corrected chi connectivity index (χ0v) is 39.8. The minimum Gasteiger partial charge on any atom is -0.461 e. The Labute approximate surface area is 381 Å². The normalized spacial score (nSPS) is 13.4. The van der Waals surface area contributed by atoms with Crippen molar-refractivity contribution < 1.29 is 23.8 Å². The van der Waals surface area contributed by atoms with Crippen LogP contribution in [0, 0.1) is 0 Å². The van der Waals surface area contributed by atoms with Gasteiger partial charge in [-0.3, -0.25) is 9.59 Å². The Morgan fingerprint density at radius 3 is 1.24 bits per heavy atom. The molecule has 0 saturated carbocycles. The Hall–Kier alpha value is -3.96. The molecule has 5 heteroatoms. The van der Waals surface area contributed by atoms with Crippen LogP contribution >= 0.6 is 0 Å². The molecular formula is C57H90O5. The molecule has 0 saturated heterocycles. The lowest BCUT2D eigenvalue weighted by Crippen LogP contribution is -2.30. The van der Waals surface area contributed by atoms with E-state index in [4.69, 9.17) is 14.2 Å². The maximum Gasteiger partial charge on any atom is 0.309 e. The van der Waals surface area contributed by atoms with Crippen molar-refractivity contribution in [3.63, 3.8) is 0 Å². The van der Waals surface area contributed by atoms with Gasteiger partial charge in [0.25, 0.3) is 0 Å². The summed E-state index contributed by atoms with van der Waals surface area (Å²) in [6.07, 6.45) is 73.6. The molecule has 0 bridgehead atoms. The fourth-order valence-corrected chi connectivity index (χ4v) is 6.11. The maximum atomic E-state index is 12.8. The molecule has 62 heavy (non-hydrogen) atoms. The molecule has 0 N–H and O–H groups in total. The minimum absolute atomic E-state index is 0.0106. The summed E-state index contributed by atoms with van der Waals surface area (Å²) in [5.41, 5.74) is 0. The Bertz CT molecular complexity index is 1330. The Kier molecular flexibility index (Phi) is 48.1. The molecule has 0 aromatic carbocycles. The summed E-state index contributed by atoms with van der Waals surface area (Å²) in [6.45, 7) is 7.24. The SMILES string of the molecule is CC/C=C\C/C=C\C/C=C\C/C=C\C/C=C\CCOCC(COC(=O)C/C=C\C/C=C\C/C=C\C/C=C\C/C=C\CC)OC(=O)CCCCCCC/C=C\CCCCCCCC. The van der Waals surface area contributed by atoms with Crippen molar-refractivity contribution in [2.24, 2.45) is 0 Å². The molecule has 0 aromatic heterocycles. The van der Waals surface area contributed by atoms with Gasteiger partial charge in [-0.05, 0) is 103 Å². The highest BCUT2D eigenvalue weighted by molar-refractivity contribution is 5.71. The molecule has 0 aliphatic heterocycles. The number of unbranched alkanes of at least 4 members (excludes halogenated alkanes) is 11. The number of ether oxygens (including phenoxy) is 3. The van der Waals surface area contributed by atoms with Crippen LogP contribution < -0.4 is 0 Å². The zero-order valence-electron chi connectivity index (χ0n) is 39.8. The van der Waals surface area contributed by atoms with Gasteiger partial charge in [-0.25, -0.2) is 0 Å². The average molecular weight is 855 g/mol. The summed E-state index contributed by atoms with van der Waals surface area (Å²) in [7, 11) is 0. The number of carbonyl (C=O) groups is 2. The lowest BCUT2D eigenvalue weighted by atomic mass is 10.1. The molecule has 0 spiro atoms. The molecule has 0 amide bonds. The molecule has 1 atom stereocenters. The van der Waals surface area contributed by atoms with Gasteiger partial charge in [0, 0.05) is 6.42 Å². The monoisotopic (exact) mass is 855 g/mol. The number of rotatable bonds is 43. The first-order valence-electron chi connectivity index (χ1n) is 24.7. The third-order valence-electron chi connectivity index (χ3n) is 9.70. The number of hydrogen-bond acceptors (Lipinski definition) is 5. The molecule has 1 unspecified atom stereocenters. The number of carbonyl (C=O) groups excluding carboxylic acids is 2. The topological polar surface area (TPSA) is 61.8 Å². The second kappa shape index (κ2) is 51.4. The van der Waals surface area contributed by atoms with Crippen molar-refractivity contribution in [1.29, 1.82) is 0 Å². The van der Waals surface area contributed by atoms with Crippen molar-refractivity contribution >= 4 is 11.9 Å². The van der Waals surface area contributed by atoms with Gasteiger partial charge < -0.3 is 14.2 Å². The number of hydrogen-bond donors (Lipinski definition) is 0. The highest BCUT2D eigenvalue weighted by Crippen LogP contribution is 2.11. The molecule has 0 radical (unpaired) electrons. The van der Waals surface area contributed by atoms with Crippen LogP contribution in [0.2, 0.25) is 0 Å². The van der Waals surface area contributed by atoms with Crippen LogP contribution in [0.1, 0.15) is 188 Å². The van der Waals surface area contributed by atoms with E-state index >= 15 is 0 Å². The largest absolute Gasteiger partial charge is 0.461 e. The van der Waals surface area contributed by atoms with Crippen molar-refractivity contribution in [3.05, 3.63) is 134 Å². The smallest absolute Gasteiger partial charge is 0.309 e. The summed E-state index contributed by atoms with van der Waals surface area (Å²) >= 11 is 0. The van der Waals surface area contributed by atoms with E-state index in [1.54, 1.807) is 0 Å². The first-order valence-corrected chi connectivity index (χ1v) is 24.7. The molecule has 0 fully saturated rings. The summed E-state index contributed by atoms with van der Waals surface area (Å²) < 4.78 is 17.2. The minimum atomic E-state index is -0.628. The molecule has 0 aliphatic rings. The second-order valence-electron chi connectivity index (χ2n) is 15.6. The lowest BCUT2D eigenvalue weighted by molar-refractivity contribution is -0.162. The van der Waals surface area contributed by atoms with Crippen molar-refractivity contribution in [3.8, 4) is 0 Å². The van der Waals surface area contributed by atoms with Gasteiger partial charge in [0.05, 0.1) is 19.6 Å². The van der Waals surface area contributed by atoms with Crippen molar-refractivity contribution in [2.75, 3.05) is 19.8 Å². The van der Waals surface area contributed by atoms with E-state index in [0.29, 0.717) is 13.0 Å². The van der Waals surface area contributed by atoms with Crippen LogP contribution in [0.3, 0.4) is 0 Å². The van der Waals surface area contributed by atoms with E-state index in [1.807, 2.05) is 12.2 Å². The summed E-state index contributed by atoms with van der Waals surface area (Å²) in [6, 6.07) is 0. The molecule has 348 valence electrons. The molecule has 5 nitrogen and oxygen atoms in total. The first-order chi connectivity index (χ1) is 30.6. The van der Waals surface area contributed by atoms with Crippen LogP contribution in [0.5, 0.6) is 0 Å². The summed E-state index contributed by atoms with van der Waals surface area (Å²) in [4.78, 5) is 25.3. The fourth-order valence-electron chi connectivity index (χ4n) is 6.11. The van der Waals surface area contributed by atoms with Crippen LogP contribution in [0.25, 0.3) is 0 Å². The Morgan fingerprint density at radius 1 is 0.387 bits per heavy atom. The second-order valence-corrected chi connectivity index (χ2v) is 15.6. The fraction of sp³-hybridized carbons (Fsp3) is 0.579. The third kappa shape index (κ3) is 48.7. The first kappa shape index (κ1) is 58.0. The van der Waals surface area contributed by atoms with E-state index in [0.717, 1.165) is 96.3 Å². The van der Waals surface area contributed by atoms with Gasteiger partial charge in [0.15, 0.2) is 6.10 Å². The predicted octanol–water partition coefficient (Wildman–Crippen LogP) is 16.8. The Balaban J connectivity index is 4.55. The number of esters is 2. The standard InChI is InChI=1S/C57H90O5/c1-4-7-10-13-16-19-22-25-28-31-34-37-40-43-46-49-52-60-53-55(62-57(59)51-48-45-42-39-36-33-30-27-24-21-18-15-12-9-6-3)54-61-56(58)50-47-44-41-38-35-32-29-26-23-20-17-14-11-8-5-2/h7-8,10-11,16-17,19-20,25-30,34-35,37-38,43-44,46-47,55H,4-6,9,12-15,18,21-24,31-33,36,39-42,45,48-54H2,1-3H3/b10-7-,11-8-,19-16-,20-17-,28-25-,29-26-,30-27-,37-34-,38-35-,46-43-,47-44-. The quantitative estimate of drug-likeness (QED) is 0.0347. The average Bonchev–Trinajstić information content (AvgIpc) is 3.27. The Morgan fingerprint density at radius 2 is 0.774 bits per heavy atom. The molecule has 0 aromatic rings. The lowest BCUT2D eigenvalue weighted by Gasteiger charge is -2.18. The van der Waals surface area contributed by atoms with Crippen LogP contribution in [-0.4, -0.2) is 37.9 Å². The third-order valence-corrected chi connectivity index (χ3v) is 9.70. The number of allylic oxidation sites excluding steroid dienone is 20. The van der Waals surface area contributed by atoms with Crippen molar-refractivity contribution in [2.45, 2.75) is 194 Å². The molecule has 0 aliphatic carbocycles. The predicted molar refractivity (Wildman–Crippen MR) is 269 cm³/mol. The van der Waals surface area contributed by atoms with Gasteiger partial charge in [0.2, 0.25) is 0 Å². The molecule has 0 heterocycles. The highest BCUT2D eigenvalue weighted by Gasteiger charge is 2.17. The molecular weight excluding hydrogens is 765 g/mol. The van der Waals surface area contributed by atoms with E-state index in [9.17, 15) is 9.59 Å². The van der Waals surface area contributed by atoms with Gasteiger partial charge >= 0.3 is 11.9 Å². The summed E-state index contributed by atoms with van der Waals surface area (Å²) in [5.74, 6) is -0.605. The zero-order chi connectivity index (χ0) is 44.9. The highest BCUT2D eigenvalue weighted by atomic mass is 16.6. The van der Waals surface area contributed by atoms with E-state index in [-0.39, 0.29) is 31.6 Å². The molecule has 0 rings (SSSR count). The van der Waals surface area contributed by atoms with Gasteiger partial charge in [0.1, 0.15) is 6.61 Å².